The SMILES string of the molecule is O=C(O)c1c(Br)noc1C1CCSC1. The summed E-state index contributed by atoms with van der Waals surface area (Å²) in [7, 11) is 0. The van der Waals surface area contributed by atoms with E-state index in [-0.39, 0.29) is 16.1 Å². The van der Waals surface area contributed by atoms with Crippen LogP contribution in [0.25, 0.3) is 0 Å². The first-order valence-corrected chi connectivity index (χ1v) is 6.11. The lowest BCUT2D eigenvalue weighted by atomic mass is 10.0. The molecule has 0 spiro atoms. The van der Waals surface area contributed by atoms with Gasteiger partial charge in [-0.05, 0) is 28.1 Å². The van der Waals surface area contributed by atoms with Crippen LogP contribution in [0.4, 0.5) is 0 Å². The fourth-order valence-corrected chi connectivity index (χ4v) is 3.15. The van der Waals surface area contributed by atoms with Crippen LogP contribution in [-0.2, 0) is 0 Å². The molecule has 1 aromatic heterocycles. The highest BCUT2D eigenvalue weighted by Gasteiger charge is 2.29. The number of aromatic nitrogens is 1. The van der Waals surface area contributed by atoms with Crippen molar-refractivity contribution in [3.8, 4) is 0 Å². The Hall–Kier alpha value is -0.490. The van der Waals surface area contributed by atoms with Gasteiger partial charge in [-0.15, -0.1) is 0 Å². The fourth-order valence-electron chi connectivity index (χ4n) is 1.50. The minimum atomic E-state index is -0.981. The average molecular weight is 278 g/mol. The maximum absolute atomic E-state index is 10.9. The number of nitrogens with zero attached hydrogens (tertiary/aromatic N) is 1. The second-order valence-corrected chi connectivity index (χ2v) is 4.98. The molecule has 2 heterocycles. The lowest BCUT2D eigenvalue weighted by molar-refractivity contribution is 0.0693. The van der Waals surface area contributed by atoms with Crippen LogP contribution >= 0.6 is 27.7 Å². The van der Waals surface area contributed by atoms with E-state index in [2.05, 4.69) is 21.1 Å². The minimum Gasteiger partial charge on any atom is -0.477 e. The molecule has 1 saturated heterocycles. The van der Waals surface area contributed by atoms with Gasteiger partial charge in [-0.1, -0.05) is 5.16 Å². The molecular formula is C8H8BrNO3S. The van der Waals surface area contributed by atoms with Crippen molar-refractivity contribution in [2.45, 2.75) is 12.3 Å². The van der Waals surface area contributed by atoms with E-state index < -0.39 is 5.97 Å². The second kappa shape index (κ2) is 3.94. The van der Waals surface area contributed by atoms with Gasteiger partial charge in [0.2, 0.25) is 0 Å². The molecule has 0 bridgehead atoms. The molecule has 1 aromatic rings. The molecule has 1 aliphatic rings. The van der Waals surface area contributed by atoms with Crippen LogP contribution < -0.4 is 0 Å². The molecule has 0 saturated carbocycles. The van der Waals surface area contributed by atoms with Crippen LogP contribution in [0.15, 0.2) is 9.13 Å². The minimum absolute atomic E-state index is 0.178. The van der Waals surface area contributed by atoms with E-state index in [0.717, 1.165) is 17.9 Å². The van der Waals surface area contributed by atoms with Crippen molar-refractivity contribution in [1.29, 1.82) is 0 Å². The summed E-state index contributed by atoms with van der Waals surface area (Å²) in [5, 5.41) is 12.6. The lowest BCUT2D eigenvalue weighted by Crippen LogP contribution is -2.04. The summed E-state index contributed by atoms with van der Waals surface area (Å²) in [6, 6.07) is 0. The first kappa shape index (κ1) is 10.0. The van der Waals surface area contributed by atoms with Crippen molar-refractivity contribution in [2.24, 2.45) is 0 Å². The van der Waals surface area contributed by atoms with Crippen LogP contribution in [0.2, 0.25) is 0 Å². The predicted octanol–water partition coefficient (Wildman–Crippen LogP) is 2.36. The van der Waals surface area contributed by atoms with E-state index >= 15 is 0 Å². The Morgan fingerprint density at radius 3 is 3.07 bits per heavy atom. The lowest BCUT2D eigenvalue weighted by Gasteiger charge is -2.03. The van der Waals surface area contributed by atoms with Crippen molar-refractivity contribution < 1.29 is 14.4 Å². The number of hydrogen-bond acceptors (Lipinski definition) is 4. The number of carbonyl (C=O) groups is 1. The molecule has 4 nitrogen and oxygen atoms in total. The van der Waals surface area contributed by atoms with Gasteiger partial charge < -0.3 is 9.63 Å². The Labute approximate surface area is 93.2 Å². The smallest absolute Gasteiger partial charge is 0.342 e. The number of thioether (sulfide) groups is 1. The van der Waals surface area contributed by atoms with Crippen molar-refractivity contribution >= 4 is 33.7 Å². The summed E-state index contributed by atoms with van der Waals surface area (Å²) in [5.74, 6) is 1.70. The summed E-state index contributed by atoms with van der Waals surface area (Å²) >= 11 is 4.88. The quantitative estimate of drug-likeness (QED) is 0.899. The van der Waals surface area contributed by atoms with Gasteiger partial charge >= 0.3 is 5.97 Å². The number of aromatic carboxylic acids is 1. The highest BCUT2D eigenvalue weighted by Crippen LogP contribution is 2.36. The third kappa shape index (κ3) is 1.68. The Bertz CT molecular complexity index is 359. The van der Waals surface area contributed by atoms with Gasteiger partial charge in [-0.2, -0.15) is 11.8 Å². The van der Waals surface area contributed by atoms with Crippen molar-refractivity contribution in [3.63, 3.8) is 0 Å². The van der Waals surface area contributed by atoms with Gasteiger partial charge in [0.25, 0.3) is 0 Å². The average Bonchev–Trinajstić information content (AvgIpc) is 2.70. The molecule has 2 rings (SSSR count). The number of halogens is 1. The Morgan fingerprint density at radius 1 is 1.71 bits per heavy atom. The van der Waals surface area contributed by atoms with E-state index in [1.54, 1.807) is 0 Å². The van der Waals surface area contributed by atoms with Crippen molar-refractivity contribution in [2.75, 3.05) is 11.5 Å². The molecule has 1 N–H and O–H groups in total. The first-order chi connectivity index (χ1) is 6.70. The topological polar surface area (TPSA) is 63.3 Å². The predicted molar refractivity (Wildman–Crippen MR) is 55.8 cm³/mol. The molecule has 0 aliphatic carbocycles. The van der Waals surface area contributed by atoms with Crippen LogP contribution in [0.1, 0.15) is 28.5 Å². The number of hydrogen-bond donors (Lipinski definition) is 1. The maximum Gasteiger partial charge on any atom is 0.342 e. The number of carboxylic acids is 1. The molecule has 76 valence electrons. The molecule has 14 heavy (non-hydrogen) atoms. The summed E-state index contributed by atoms with van der Waals surface area (Å²) in [4.78, 5) is 10.9. The van der Waals surface area contributed by atoms with Crippen LogP contribution in [-0.4, -0.2) is 27.7 Å². The highest BCUT2D eigenvalue weighted by atomic mass is 79.9. The van der Waals surface area contributed by atoms with Crippen molar-refractivity contribution in [3.05, 3.63) is 15.9 Å². The normalized spacial score (nSPS) is 21.4. The van der Waals surface area contributed by atoms with Gasteiger partial charge in [0.05, 0.1) is 0 Å². The Kier molecular flexibility index (Phi) is 2.83. The van der Waals surface area contributed by atoms with E-state index in [1.165, 1.54) is 0 Å². The van der Waals surface area contributed by atoms with Crippen molar-refractivity contribution in [1.82, 2.24) is 5.16 Å². The van der Waals surface area contributed by atoms with E-state index in [9.17, 15) is 4.79 Å². The van der Waals surface area contributed by atoms with E-state index in [0.29, 0.717) is 5.76 Å². The molecular weight excluding hydrogens is 270 g/mol. The molecule has 1 aliphatic heterocycles. The first-order valence-electron chi connectivity index (χ1n) is 4.16. The summed E-state index contributed by atoms with van der Waals surface area (Å²) in [6.45, 7) is 0. The molecule has 0 amide bonds. The van der Waals surface area contributed by atoms with Gasteiger partial charge in [0.1, 0.15) is 5.56 Å². The van der Waals surface area contributed by atoms with E-state index in [4.69, 9.17) is 9.63 Å². The maximum atomic E-state index is 10.9. The fraction of sp³-hybridized carbons (Fsp3) is 0.500. The third-order valence-corrected chi connectivity index (χ3v) is 3.89. The number of carboxylic acid groups (broad SMARTS) is 1. The standard InChI is InChI=1S/C8H8BrNO3S/c9-7-5(8(11)12)6(13-10-7)4-1-2-14-3-4/h4H,1-3H2,(H,11,12). The Morgan fingerprint density at radius 2 is 2.50 bits per heavy atom. The number of rotatable bonds is 2. The van der Waals surface area contributed by atoms with Gasteiger partial charge in [0, 0.05) is 11.7 Å². The third-order valence-electron chi connectivity index (χ3n) is 2.19. The molecule has 0 radical (unpaired) electrons. The molecule has 6 heteroatoms. The Balaban J connectivity index is 2.37. The largest absolute Gasteiger partial charge is 0.477 e. The second-order valence-electron chi connectivity index (χ2n) is 3.08. The molecule has 0 aromatic carbocycles. The highest BCUT2D eigenvalue weighted by molar-refractivity contribution is 9.10. The van der Waals surface area contributed by atoms with E-state index in [1.807, 2.05) is 11.8 Å². The molecule has 1 atom stereocenters. The summed E-state index contributed by atoms with van der Waals surface area (Å²) in [6.07, 6.45) is 0.965. The van der Waals surface area contributed by atoms with Gasteiger partial charge in [-0.25, -0.2) is 4.79 Å². The van der Waals surface area contributed by atoms with Crippen LogP contribution in [0, 0.1) is 0 Å². The summed E-state index contributed by atoms with van der Waals surface area (Å²) < 4.78 is 5.34. The molecule has 1 fully saturated rings. The zero-order chi connectivity index (χ0) is 10.1. The zero-order valence-corrected chi connectivity index (χ0v) is 9.60. The monoisotopic (exact) mass is 277 g/mol. The summed E-state index contributed by atoms with van der Waals surface area (Å²) in [5.41, 5.74) is 0.178. The van der Waals surface area contributed by atoms with Crippen LogP contribution in [0.3, 0.4) is 0 Å². The van der Waals surface area contributed by atoms with Crippen LogP contribution in [0.5, 0.6) is 0 Å². The molecule has 1 unspecified atom stereocenters. The van der Waals surface area contributed by atoms with Gasteiger partial charge in [0.15, 0.2) is 10.4 Å². The van der Waals surface area contributed by atoms with Gasteiger partial charge in [-0.3, -0.25) is 0 Å². The zero-order valence-electron chi connectivity index (χ0n) is 7.20.